The van der Waals surface area contributed by atoms with Gasteiger partial charge in [0.2, 0.25) is 5.91 Å². The maximum atomic E-state index is 11.9. The van der Waals surface area contributed by atoms with E-state index in [0.717, 1.165) is 0 Å². The Labute approximate surface area is 103 Å². The van der Waals surface area contributed by atoms with E-state index in [0.29, 0.717) is 5.69 Å². The molecule has 1 amide bonds. The van der Waals surface area contributed by atoms with Crippen LogP contribution in [0.15, 0.2) is 41.6 Å². The summed E-state index contributed by atoms with van der Waals surface area (Å²) < 4.78 is 26.1. The highest BCUT2D eigenvalue weighted by atomic mass is 32.2. The van der Waals surface area contributed by atoms with Crippen molar-refractivity contribution >= 4 is 21.6 Å². The Morgan fingerprint density at radius 3 is 2.44 bits per heavy atom. The van der Waals surface area contributed by atoms with Crippen molar-refractivity contribution in [1.82, 2.24) is 10.2 Å². The molecule has 18 heavy (non-hydrogen) atoms. The van der Waals surface area contributed by atoms with E-state index in [1.807, 2.05) is 0 Å². The Morgan fingerprint density at radius 1 is 1.28 bits per heavy atom. The number of anilines is 1. The molecule has 0 aliphatic heterocycles. The summed E-state index contributed by atoms with van der Waals surface area (Å²) in [6.45, 7) is 0. The molecule has 0 radical (unpaired) electrons. The number of aromatic nitrogens is 2. The molecule has 0 unspecified atom stereocenters. The minimum Gasteiger partial charge on any atom is -0.366 e. The van der Waals surface area contributed by atoms with Gasteiger partial charge in [-0.1, -0.05) is 0 Å². The third kappa shape index (κ3) is 2.48. The second-order valence-corrected chi connectivity index (χ2v) is 5.16. The SMILES string of the molecule is NC(=O)c1ccc(S(=O)(=O)Nc2cn[nH]c2)cc1. The summed E-state index contributed by atoms with van der Waals surface area (Å²) in [4.78, 5) is 10.9. The van der Waals surface area contributed by atoms with E-state index in [-0.39, 0.29) is 10.5 Å². The van der Waals surface area contributed by atoms with Crippen LogP contribution in [0.5, 0.6) is 0 Å². The first-order chi connectivity index (χ1) is 8.49. The molecule has 0 bridgehead atoms. The number of sulfonamides is 1. The number of nitrogens with two attached hydrogens (primary N) is 1. The third-order valence-corrected chi connectivity index (χ3v) is 3.60. The Kier molecular flexibility index (Phi) is 3.02. The first-order valence-electron chi connectivity index (χ1n) is 4.90. The van der Waals surface area contributed by atoms with Gasteiger partial charge in [-0.05, 0) is 24.3 Å². The van der Waals surface area contributed by atoms with Crippen LogP contribution in [0.1, 0.15) is 10.4 Å². The number of hydrogen-bond acceptors (Lipinski definition) is 4. The smallest absolute Gasteiger partial charge is 0.261 e. The normalized spacial score (nSPS) is 11.1. The van der Waals surface area contributed by atoms with Crippen molar-refractivity contribution in [3.8, 4) is 0 Å². The largest absolute Gasteiger partial charge is 0.366 e. The minimum absolute atomic E-state index is 0.0358. The van der Waals surface area contributed by atoms with Crippen LogP contribution < -0.4 is 10.5 Å². The Balaban J connectivity index is 2.27. The maximum absolute atomic E-state index is 11.9. The molecule has 0 atom stereocenters. The van der Waals surface area contributed by atoms with Gasteiger partial charge in [0, 0.05) is 11.8 Å². The van der Waals surface area contributed by atoms with Crippen molar-refractivity contribution < 1.29 is 13.2 Å². The zero-order valence-corrected chi connectivity index (χ0v) is 9.94. The van der Waals surface area contributed by atoms with Crippen molar-refractivity contribution in [3.63, 3.8) is 0 Å². The van der Waals surface area contributed by atoms with Gasteiger partial charge >= 0.3 is 0 Å². The first-order valence-corrected chi connectivity index (χ1v) is 6.39. The number of primary amides is 1. The lowest BCUT2D eigenvalue weighted by atomic mass is 10.2. The number of rotatable bonds is 4. The number of hydrogen-bond donors (Lipinski definition) is 3. The number of nitrogens with zero attached hydrogens (tertiary/aromatic N) is 1. The summed E-state index contributed by atoms with van der Waals surface area (Å²) in [7, 11) is -3.69. The molecule has 0 aliphatic carbocycles. The molecule has 2 rings (SSSR count). The fraction of sp³-hybridized carbons (Fsp3) is 0. The van der Waals surface area contributed by atoms with Crippen LogP contribution in [0.2, 0.25) is 0 Å². The molecule has 1 heterocycles. The van der Waals surface area contributed by atoms with Gasteiger partial charge in [-0.25, -0.2) is 8.42 Å². The zero-order valence-electron chi connectivity index (χ0n) is 9.12. The molecular formula is C10H10N4O3S. The van der Waals surface area contributed by atoms with Crippen molar-refractivity contribution in [2.75, 3.05) is 4.72 Å². The van der Waals surface area contributed by atoms with E-state index in [4.69, 9.17) is 5.73 Å². The standard InChI is InChI=1S/C10H10N4O3S/c11-10(15)7-1-3-9(4-2-7)18(16,17)14-8-5-12-13-6-8/h1-6,14H,(H2,11,15)(H,12,13). The predicted molar refractivity (Wildman–Crippen MR) is 64.4 cm³/mol. The molecular weight excluding hydrogens is 256 g/mol. The van der Waals surface area contributed by atoms with E-state index >= 15 is 0 Å². The Hall–Kier alpha value is -2.35. The molecule has 0 fully saturated rings. The van der Waals surface area contributed by atoms with Gasteiger partial charge in [0.15, 0.2) is 0 Å². The number of carbonyl (C=O) groups excluding carboxylic acids is 1. The molecule has 2 aromatic rings. The average Bonchev–Trinajstić information content (AvgIpc) is 2.81. The Morgan fingerprint density at radius 2 is 1.94 bits per heavy atom. The van der Waals surface area contributed by atoms with Crippen molar-refractivity contribution in [2.45, 2.75) is 4.90 Å². The molecule has 94 valence electrons. The van der Waals surface area contributed by atoms with E-state index in [9.17, 15) is 13.2 Å². The Bertz CT molecular complexity index is 647. The number of nitrogens with one attached hydrogen (secondary N) is 2. The monoisotopic (exact) mass is 266 g/mol. The second kappa shape index (κ2) is 4.49. The molecule has 0 saturated heterocycles. The second-order valence-electron chi connectivity index (χ2n) is 3.48. The van der Waals surface area contributed by atoms with Gasteiger partial charge in [0.05, 0.1) is 16.8 Å². The molecule has 0 spiro atoms. The highest BCUT2D eigenvalue weighted by Crippen LogP contribution is 2.15. The van der Waals surface area contributed by atoms with Gasteiger partial charge < -0.3 is 5.73 Å². The third-order valence-electron chi connectivity index (χ3n) is 2.20. The van der Waals surface area contributed by atoms with E-state index in [2.05, 4.69) is 14.9 Å². The number of aromatic amines is 1. The predicted octanol–water partition coefficient (Wildman–Crippen LogP) is 0.309. The topological polar surface area (TPSA) is 118 Å². The van der Waals surface area contributed by atoms with Gasteiger partial charge in [0.1, 0.15) is 0 Å². The molecule has 1 aromatic carbocycles. The average molecular weight is 266 g/mol. The lowest BCUT2D eigenvalue weighted by Gasteiger charge is -2.05. The number of amides is 1. The van der Waals surface area contributed by atoms with E-state index in [1.165, 1.54) is 36.7 Å². The van der Waals surface area contributed by atoms with Crippen molar-refractivity contribution in [2.24, 2.45) is 5.73 Å². The lowest BCUT2D eigenvalue weighted by molar-refractivity contribution is 0.1000. The summed E-state index contributed by atoms with van der Waals surface area (Å²) in [6.07, 6.45) is 2.75. The van der Waals surface area contributed by atoms with Crippen LogP contribution in [-0.2, 0) is 10.0 Å². The first kappa shape index (κ1) is 12.1. The van der Waals surface area contributed by atoms with Crippen molar-refractivity contribution in [1.29, 1.82) is 0 Å². The van der Waals surface area contributed by atoms with Gasteiger partial charge in [0.25, 0.3) is 10.0 Å². The minimum atomic E-state index is -3.69. The number of H-pyrrole nitrogens is 1. The van der Waals surface area contributed by atoms with Crippen LogP contribution in [0, 0.1) is 0 Å². The van der Waals surface area contributed by atoms with Gasteiger partial charge in [-0.2, -0.15) is 5.10 Å². The van der Waals surface area contributed by atoms with Crippen LogP contribution in [0.25, 0.3) is 0 Å². The summed E-state index contributed by atoms with van der Waals surface area (Å²) >= 11 is 0. The zero-order chi connectivity index (χ0) is 13.2. The summed E-state index contributed by atoms with van der Waals surface area (Å²) in [6, 6.07) is 5.32. The summed E-state index contributed by atoms with van der Waals surface area (Å²) in [5.41, 5.74) is 5.64. The highest BCUT2D eigenvalue weighted by molar-refractivity contribution is 7.92. The maximum Gasteiger partial charge on any atom is 0.261 e. The van der Waals surface area contributed by atoms with Crippen LogP contribution in [0.3, 0.4) is 0 Å². The molecule has 0 saturated carbocycles. The quantitative estimate of drug-likeness (QED) is 0.737. The highest BCUT2D eigenvalue weighted by Gasteiger charge is 2.14. The van der Waals surface area contributed by atoms with Gasteiger partial charge in [-0.15, -0.1) is 0 Å². The summed E-state index contributed by atoms with van der Waals surface area (Å²) in [5.74, 6) is -0.609. The summed E-state index contributed by atoms with van der Waals surface area (Å²) in [5, 5.41) is 6.11. The fourth-order valence-corrected chi connectivity index (χ4v) is 2.35. The number of carbonyl (C=O) groups is 1. The van der Waals surface area contributed by atoms with Crippen LogP contribution in [-0.4, -0.2) is 24.5 Å². The molecule has 1 aromatic heterocycles. The molecule has 0 aliphatic rings. The van der Waals surface area contributed by atoms with Gasteiger partial charge in [-0.3, -0.25) is 14.6 Å². The number of benzene rings is 1. The van der Waals surface area contributed by atoms with E-state index < -0.39 is 15.9 Å². The fourth-order valence-electron chi connectivity index (χ4n) is 1.32. The lowest BCUT2D eigenvalue weighted by Crippen LogP contribution is -2.14. The molecule has 4 N–H and O–H groups in total. The molecule has 8 heteroatoms. The van der Waals surface area contributed by atoms with E-state index in [1.54, 1.807) is 0 Å². The van der Waals surface area contributed by atoms with Crippen LogP contribution in [0.4, 0.5) is 5.69 Å². The van der Waals surface area contributed by atoms with Crippen molar-refractivity contribution in [3.05, 3.63) is 42.2 Å². The van der Waals surface area contributed by atoms with Crippen LogP contribution >= 0.6 is 0 Å². The molecule has 7 nitrogen and oxygen atoms in total.